The van der Waals surface area contributed by atoms with Crippen molar-refractivity contribution in [1.29, 1.82) is 0 Å². The van der Waals surface area contributed by atoms with Crippen LogP contribution < -0.4 is 5.32 Å². The van der Waals surface area contributed by atoms with Gasteiger partial charge in [0, 0.05) is 28.3 Å². The van der Waals surface area contributed by atoms with Crippen LogP contribution in [0.3, 0.4) is 0 Å². The zero-order chi connectivity index (χ0) is 11.4. The molecule has 1 N–H and O–H groups in total. The molecule has 1 aromatic heterocycles. The number of thiophene rings is 1. The molecule has 1 aromatic rings. The summed E-state index contributed by atoms with van der Waals surface area (Å²) in [7, 11) is 0. The Morgan fingerprint density at radius 1 is 1.44 bits per heavy atom. The quantitative estimate of drug-likeness (QED) is 0.792. The van der Waals surface area contributed by atoms with E-state index in [1.54, 1.807) is 11.3 Å². The zero-order valence-corrected chi connectivity index (χ0v) is 12.4. The number of nitrogens with one attached hydrogen (secondary N) is 1. The van der Waals surface area contributed by atoms with Crippen LogP contribution in [0, 0.1) is 5.41 Å². The standard InChI is InChI=1S/C12H17BrClNS/c13-10-3-6-16-11(10)7-15-9-12(8-14)4-1-2-5-12/h3,6,15H,1-2,4-5,7-9H2. The summed E-state index contributed by atoms with van der Waals surface area (Å²) in [6, 6.07) is 2.11. The van der Waals surface area contributed by atoms with Gasteiger partial charge in [-0.2, -0.15) is 0 Å². The molecule has 1 heterocycles. The van der Waals surface area contributed by atoms with Crippen molar-refractivity contribution < 1.29 is 0 Å². The summed E-state index contributed by atoms with van der Waals surface area (Å²) in [5.41, 5.74) is 0.366. The molecule has 0 bridgehead atoms. The first-order valence-corrected chi connectivity index (χ1v) is 7.95. The fourth-order valence-electron chi connectivity index (χ4n) is 2.38. The normalized spacial score (nSPS) is 19.1. The molecule has 0 spiro atoms. The molecular weight excluding hydrogens is 306 g/mol. The first kappa shape index (κ1) is 12.9. The zero-order valence-electron chi connectivity index (χ0n) is 9.27. The van der Waals surface area contributed by atoms with Gasteiger partial charge in [-0.25, -0.2) is 0 Å². The SMILES string of the molecule is ClCC1(CNCc2sccc2Br)CCCC1. The van der Waals surface area contributed by atoms with Gasteiger partial charge in [0.2, 0.25) is 0 Å². The highest BCUT2D eigenvalue weighted by Crippen LogP contribution is 2.38. The number of alkyl halides is 1. The van der Waals surface area contributed by atoms with Crippen LogP contribution in [0.2, 0.25) is 0 Å². The van der Waals surface area contributed by atoms with Gasteiger partial charge in [-0.05, 0) is 45.6 Å². The van der Waals surface area contributed by atoms with E-state index in [-0.39, 0.29) is 0 Å². The highest BCUT2D eigenvalue weighted by atomic mass is 79.9. The Morgan fingerprint density at radius 2 is 2.19 bits per heavy atom. The number of halogens is 2. The van der Waals surface area contributed by atoms with Crippen molar-refractivity contribution in [3.63, 3.8) is 0 Å². The van der Waals surface area contributed by atoms with E-state index in [1.165, 1.54) is 35.0 Å². The van der Waals surface area contributed by atoms with Gasteiger partial charge in [-0.15, -0.1) is 22.9 Å². The topological polar surface area (TPSA) is 12.0 Å². The van der Waals surface area contributed by atoms with E-state index < -0.39 is 0 Å². The Labute approximate surface area is 115 Å². The third-order valence-electron chi connectivity index (χ3n) is 3.42. The van der Waals surface area contributed by atoms with Crippen LogP contribution in [0.25, 0.3) is 0 Å². The highest BCUT2D eigenvalue weighted by Gasteiger charge is 2.32. The van der Waals surface area contributed by atoms with E-state index in [2.05, 4.69) is 32.7 Å². The Morgan fingerprint density at radius 3 is 2.75 bits per heavy atom. The van der Waals surface area contributed by atoms with Crippen LogP contribution in [-0.2, 0) is 6.54 Å². The predicted octanol–water partition coefficient (Wildman–Crippen LogP) is 4.40. The molecule has 2 rings (SSSR count). The lowest BCUT2D eigenvalue weighted by atomic mass is 9.88. The number of rotatable bonds is 5. The van der Waals surface area contributed by atoms with Crippen LogP contribution in [-0.4, -0.2) is 12.4 Å². The van der Waals surface area contributed by atoms with Gasteiger partial charge in [0.05, 0.1) is 0 Å². The molecule has 0 radical (unpaired) electrons. The Hall–Kier alpha value is 0.430. The molecule has 0 amide bonds. The van der Waals surface area contributed by atoms with Gasteiger partial charge in [-0.1, -0.05) is 12.8 Å². The van der Waals surface area contributed by atoms with Crippen LogP contribution in [0.1, 0.15) is 30.6 Å². The van der Waals surface area contributed by atoms with Crippen molar-refractivity contribution in [2.24, 2.45) is 5.41 Å². The predicted molar refractivity (Wildman–Crippen MR) is 75.3 cm³/mol. The summed E-state index contributed by atoms with van der Waals surface area (Å²) < 4.78 is 1.22. The van der Waals surface area contributed by atoms with E-state index in [1.807, 2.05) is 0 Å². The second kappa shape index (κ2) is 5.85. The van der Waals surface area contributed by atoms with Gasteiger partial charge < -0.3 is 5.32 Å². The summed E-state index contributed by atoms with van der Waals surface area (Å²) in [4.78, 5) is 1.38. The van der Waals surface area contributed by atoms with Crippen molar-refractivity contribution >= 4 is 38.9 Å². The molecule has 0 aliphatic heterocycles. The van der Waals surface area contributed by atoms with Crippen molar-refractivity contribution in [3.8, 4) is 0 Å². The second-order valence-electron chi connectivity index (χ2n) is 4.64. The molecule has 1 nitrogen and oxygen atoms in total. The molecule has 1 saturated carbocycles. The molecule has 1 aliphatic rings. The molecular formula is C12H17BrClNS. The lowest BCUT2D eigenvalue weighted by Crippen LogP contribution is -2.33. The van der Waals surface area contributed by atoms with Gasteiger partial charge in [0.1, 0.15) is 0 Å². The molecule has 1 fully saturated rings. The van der Waals surface area contributed by atoms with Gasteiger partial charge in [-0.3, -0.25) is 0 Å². The summed E-state index contributed by atoms with van der Waals surface area (Å²) >= 11 is 11.5. The fourth-order valence-corrected chi connectivity index (χ4v) is 4.20. The number of hydrogen-bond acceptors (Lipinski definition) is 2. The fraction of sp³-hybridized carbons (Fsp3) is 0.667. The molecule has 0 unspecified atom stereocenters. The summed E-state index contributed by atoms with van der Waals surface area (Å²) in [6.07, 6.45) is 5.26. The minimum absolute atomic E-state index is 0.366. The Balaban J connectivity index is 1.81. The molecule has 0 atom stereocenters. The lowest BCUT2D eigenvalue weighted by Gasteiger charge is -2.26. The maximum Gasteiger partial charge on any atom is 0.0327 e. The molecule has 16 heavy (non-hydrogen) atoms. The van der Waals surface area contributed by atoms with Gasteiger partial charge in [0.15, 0.2) is 0 Å². The average molecular weight is 323 g/mol. The van der Waals surface area contributed by atoms with Crippen molar-refractivity contribution in [2.45, 2.75) is 32.2 Å². The monoisotopic (exact) mass is 321 g/mol. The molecule has 0 aromatic carbocycles. The smallest absolute Gasteiger partial charge is 0.0327 e. The summed E-state index contributed by atoms with van der Waals surface area (Å²) in [5, 5.41) is 5.68. The van der Waals surface area contributed by atoms with Crippen LogP contribution in [0.4, 0.5) is 0 Å². The summed E-state index contributed by atoms with van der Waals surface area (Å²) in [5.74, 6) is 0.797. The van der Waals surface area contributed by atoms with Crippen LogP contribution in [0.5, 0.6) is 0 Å². The van der Waals surface area contributed by atoms with E-state index in [4.69, 9.17) is 11.6 Å². The number of hydrogen-bond donors (Lipinski definition) is 1. The largest absolute Gasteiger partial charge is 0.311 e. The van der Waals surface area contributed by atoms with Crippen LogP contribution in [0.15, 0.2) is 15.9 Å². The van der Waals surface area contributed by atoms with Gasteiger partial charge >= 0.3 is 0 Å². The average Bonchev–Trinajstić information content (AvgIpc) is 2.90. The minimum atomic E-state index is 0.366. The third-order valence-corrected chi connectivity index (χ3v) is 5.92. The van der Waals surface area contributed by atoms with E-state index in [9.17, 15) is 0 Å². The maximum absolute atomic E-state index is 6.11. The third kappa shape index (κ3) is 3.00. The van der Waals surface area contributed by atoms with Crippen LogP contribution >= 0.6 is 38.9 Å². The van der Waals surface area contributed by atoms with E-state index in [0.29, 0.717) is 5.41 Å². The molecule has 90 valence electrons. The molecule has 4 heteroatoms. The first-order chi connectivity index (χ1) is 7.76. The van der Waals surface area contributed by atoms with Crippen molar-refractivity contribution in [1.82, 2.24) is 5.32 Å². The Kier molecular flexibility index (Phi) is 4.71. The lowest BCUT2D eigenvalue weighted by molar-refractivity contribution is 0.321. The van der Waals surface area contributed by atoms with Crippen molar-refractivity contribution in [3.05, 3.63) is 20.8 Å². The highest BCUT2D eigenvalue weighted by molar-refractivity contribution is 9.10. The maximum atomic E-state index is 6.11. The summed E-state index contributed by atoms with van der Waals surface area (Å²) in [6.45, 7) is 2.01. The van der Waals surface area contributed by atoms with E-state index >= 15 is 0 Å². The van der Waals surface area contributed by atoms with Gasteiger partial charge in [0.25, 0.3) is 0 Å². The Bertz CT molecular complexity index is 334. The first-order valence-electron chi connectivity index (χ1n) is 5.74. The molecule has 0 saturated heterocycles. The minimum Gasteiger partial charge on any atom is -0.311 e. The van der Waals surface area contributed by atoms with Crippen molar-refractivity contribution in [2.75, 3.05) is 12.4 Å². The molecule has 1 aliphatic carbocycles. The van der Waals surface area contributed by atoms with E-state index in [0.717, 1.165) is 19.0 Å². The second-order valence-corrected chi connectivity index (χ2v) is 6.76.